The van der Waals surface area contributed by atoms with Crippen LogP contribution in [0.4, 0.5) is 0 Å². The number of carbonyl (C=O) groups excluding carboxylic acids is 1. The van der Waals surface area contributed by atoms with Crippen LogP contribution >= 0.6 is 0 Å². The van der Waals surface area contributed by atoms with Gasteiger partial charge in [0.15, 0.2) is 0 Å². The molecule has 0 radical (unpaired) electrons. The Kier molecular flexibility index (Phi) is 1.25. The maximum atomic E-state index is 10.7. The van der Waals surface area contributed by atoms with Gasteiger partial charge in [-0.05, 0) is 6.07 Å². The molecule has 1 aromatic heterocycles. The van der Waals surface area contributed by atoms with E-state index in [1.807, 2.05) is 0 Å². The molecule has 0 saturated heterocycles. The van der Waals surface area contributed by atoms with Crippen molar-refractivity contribution >= 4 is 11.7 Å². The molecule has 1 N–H and O–H groups in total. The minimum atomic E-state index is -0.0683. The summed E-state index contributed by atoms with van der Waals surface area (Å²) in [4.78, 5) is 14.6. The maximum Gasteiger partial charge on any atom is 0.247 e. The molecule has 4 nitrogen and oxygen atoms in total. The summed E-state index contributed by atoms with van der Waals surface area (Å²) >= 11 is 0. The number of furan rings is 1. The van der Waals surface area contributed by atoms with E-state index in [1.54, 1.807) is 18.6 Å². The van der Waals surface area contributed by atoms with Crippen molar-refractivity contribution in [2.45, 2.75) is 0 Å². The number of amidine groups is 1. The van der Waals surface area contributed by atoms with Gasteiger partial charge < -0.3 is 9.73 Å². The van der Waals surface area contributed by atoms with Crippen molar-refractivity contribution in [1.82, 2.24) is 5.32 Å². The van der Waals surface area contributed by atoms with Gasteiger partial charge in [0.2, 0.25) is 5.91 Å². The first-order valence-electron chi connectivity index (χ1n) is 3.23. The van der Waals surface area contributed by atoms with Crippen LogP contribution in [0.15, 0.2) is 28.0 Å². The minimum absolute atomic E-state index is 0.0683. The Bertz CT molecular complexity index is 300. The second-order valence-electron chi connectivity index (χ2n) is 2.23. The van der Waals surface area contributed by atoms with Crippen LogP contribution in [-0.4, -0.2) is 18.3 Å². The topological polar surface area (TPSA) is 54.6 Å². The van der Waals surface area contributed by atoms with Crippen LogP contribution in [-0.2, 0) is 4.79 Å². The molecule has 0 aromatic carbocycles. The number of carbonyl (C=O) groups is 1. The Labute approximate surface area is 62.9 Å². The first kappa shape index (κ1) is 6.15. The standard InChI is InChI=1S/C7H6N2O2/c10-6-3-8-7(9-6)5-1-2-11-4-5/h1-2,4H,3H2,(H,8,9,10). The molecular weight excluding hydrogens is 144 g/mol. The van der Waals surface area contributed by atoms with Crippen molar-refractivity contribution in [3.05, 3.63) is 24.2 Å². The Hall–Kier alpha value is -1.58. The normalized spacial score (nSPS) is 16.4. The van der Waals surface area contributed by atoms with E-state index in [2.05, 4.69) is 10.3 Å². The minimum Gasteiger partial charge on any atom is -0.472 e. The molecule has 1 aliphatic rings. The van der Waals surface area contributed by atoms with E-state index < -0.39 is 0 Å². The van der Waals surface area contributed by atoms with Gasteiger partial charge in [-0.2, -0.15) is 0 Å². The van der Waals surface area contributed by atoms with Gasteiger partial charge in [0.25, 0.3) is 0 Å². The highest BCUT2D eigenvalue weighted by Crippen LogP contribution is 2.03. The molecule has 56 valence electrons. The Morgan fingerprint density at radius 2 is 2.55 bits per heavy atom. The molecule has 4 heteroatoms. The molecule has 1 aliphatic heterocycles. The van der Waals surface area contributed by atoms with Crippen LogP contribution in [0.3, 0.4) is 0 Å². The fourth-order valence-electron chi connectivity index (χ4n) is 0.925. The smallest absolute Gasteiger partial charge is 0.247 e. The molecule has 1 amide bonds. The SMILES string of the molecule is O=C1CN=C(c2ccoc2)N1. The maximum absolute atomic E-state index is 10.7. The van der Waals surface area contributed by atoms with Crippen molar-refractivity contribution in [3.8, 4) is 0 Å². The first-order chi connectivity index (χ1) is 5.36. The molecule has 2 rings (SSSR count). The molecule has 0 spiro atoms. The predicted octanol–water partition coefficient (Wildman–Crippen LogP) is 0.156. The molecular formula is C7H6N2O2. The summed E-state index contributed by atoms with van der Waals surface area (Å²) in [6.45, 7) is 0.223. The predicted molar refractivity (Wildman–Crippen MR) is 38.3 cm³/mol. The molecule has 0 aliphatic carbocycles. The van der Waals surface area contributed by atoms with Gasteiger partial charge in [0, 0.05) is 0 Å². The van der Waals surface area contributed by atoms with E-state index in [1.165, 1.54) is 0 Å². The second kappa shape index (κ2) is 2.23. The number of rotatable bonds is 1. The Balaban J connectivity index is 2.26. The van der Waals surface area contributed by atoms with E-state index in [4.69, 9.17) is 4.42 Å². The average Bonchev–Trinajstić information content (AvgIpc) is 2.55. The molecule has 0 atom stereocenters. The van der Waals surface area contributed by atoms with Crippen molar-refractivity contribution in [2.24, 2.45) is 4.99 Å². The molecule has 0 unspecified atom stereocenters. The van der Waals surface area contributed by atoms with Gasteiger partial charge in [0.1, 0.15) is 18.6 Å². The fraction of sp³-hybridized carbons (Fsp3) is 0.143. The average molecular weight is 150 g/mol. The molecule has 0 bridgehead atoms. The van der Waals surface area contributed by atoms with Crippen LogP contribution < -0.4 is 5.32 Å². The number of aliphatic imine (C=N–C) groups is 1. The zero-order valence-electron chi connectivity index (χ0n) is 5.70. The summed E-state index contributed by atoms with van der Waals surface area (Å²) in [5.74, 6) is 0.532. The first-order valence-corrected chi connectivity index (χ1v) is 3.23. The Morgan fingerprint density at radius 3 is 3.09 bits per heavy atom. The van der Waals surface area contributed by atoms with Gasteiger partial charge >= 0.3 is 0 Å². The number of hydrogen-bond donors (Lipinski definition) is 1. The van der Waals surface area contributed by atoms with E-state index >= 15 is 0 Å². The molecule has 11 heavy (non-hydrogen) atoms. The van der Waals surface area contributed by atoms with Crippen molar-refractivity contribution < 1.29 is 9.21 Å². The zero-order chi connectivity index (χ0) is 7.68. The second-order valence-corrected chi connectivity index (χ2v) is 2.23. The van der Waals surface area contributed by atoms with Gasteiger partial charge in [-0.1, -0.05) is 0 Å². The summed E-state index contributed by atoms with van der Waals surface area (Å²) < 4.78 is 4.83. The van der Waals surface area contributed by atoms with Crippen LogP contribution in [0.5, 0.6) is 0 Å². The van der Waals surface area contributed by atoms with E-state index in [0.29, 0.717) is 5.84 Å². The fourth-order valence-corrected chi connectivity index (χ4v) is 0.925. The third-order valence-corrected chi connectivity index (χ3v) is 1.43. The third kappa shape index (κ3) is 1.02. The van der Waals surface area contributed by atoms with Crippen LogP contribution in [0.2, 0.25) is 0 Å². The highest BCUT2D eigenvalue weighted by atomic mass is 16.3. The monoisotopic (exact) mass is 150 g/mol. The van der Waals surface area contributed by atoms with Gasteiger partial charge in [-0.3, -0.25) is 9.79 Å². The van der Waals surface area contributed by atoms with Gasteiger partial charge in [0.05, 0.1) is 11.8 Å². The van der Waals surface area contributed by atoms with E-state index in [-0.39, 0.29) is 12.5 Å². The summed E-state index contributed by atoms with van der Waals surface area (Å²) in [6.07, 6.45) is 3.09. The lowest BCUT2D eigenvalue weighted by Crippen LogP contribution is -2.24. The zero-order valence-corrected chi connectivity index (χ0v) is 5.70. The number of nitrogens with zero attached hydrogens (tertiary/aromatic N) is 1. The summed E-state index contributed by atoms with van der Waals surface area (Å²) in [5.41, 5.74) is 0.816. The van der Waals surface area contributed by atoms with E-state index in [9.17, 15) is 4.79 Å². The quantitative estimate of drug-likeness (QED) is 0.619. The third-order valence-electron chi connectivity index (χ3n) is 1.43. The number of nitrogens with one attached hydrogen (secondary N) is 1. The van der Waals surface area contributed by atoms with Crippen molar-refractivity contribution in [2.75, 3.05) is 6.54 Å². The molecule has 0 saturated carbocycles. The summed E-state index contributed by atoms with van der Waals surface area (Å²) in [5, 5.41) is 2.61. The van der Waals surface area contributed by atoms with Crippen molar-refractivity contribution in [1.29, 1.82) is 0 Å². The highest BCUT2D eigenvalue weighted by Gasteiger charge is 2.14. The number of hydrogen-bond acceptors (Lipinski definition) is 3. The molecule has 0 fully saturated rings. The van der Waals surface area contributed by atoms with Gasteiger partial charge in [-0.15, -0.1) is 0 Å². The lowest BCUT2D eigenvalue weighted by Gasteiger charge is -1.93. The Morgan fingerprint density at radius 1 is 1.64 bits per heavy atom. The summed E-state index contributed by atoms with van der Waals surface area (Å²) in [7, 11) is 0. The van der Waals surface area contributed by atoms with Gasteiger partial charge in [-0.25, -0.2) is 0 Å². The lowest BCUT2D eigenvalue weighted by atomic mass is 10.3. The van der Waals surface area contributed by atoms with Crippen LogP contribution in [0.25, 0.3) is 0 Å². The number of amides is 1. The highest BCUT2D eigenvalue weighted by molar-refractivity contribution is 6.12. The van der Waals surface area contributed by atoms with Crippen LogP contribution in [0, 0.1) is 0 Å². The van der Waals surface area contributed by atoms with E-state index in [0.717, 1.165) is 5.56 Å². The lowest BCUT2D eigenvalue weighted by molar-refractivity contribution is -0.117. The molecule has 2 heterocycles. The largest absolute Gasteiger partial charge is 0.472 e. The van der Waals surface area contributed by atoms with Crippen LogP contribution in [0.1, 0.15) is 5.56 Å². The molecule has 1 aromatic rings. The van der Waals surface area contributed by atoms with Crippen molar-refractivity contribution in [3.63, 3.8) is 0 Å². The summed E-state index contributed by atoms with van der Waals surface area (Å²) in [6, 6.07) is 1.75.